The highest BCUT2D eigenvalue weighted by Gasteiger charge is 2.36. The summed E-state index contributed by atoms with van der Waals surface area (Å²) in [5.41, 5.74) is 6.46. The molecule has 4 aliphatic heterocycles. The van der Waals surface area contributed by atoms with Gasteiger partial charge in [-0.2, -0.15) is 0 Å². The monoisotopic (exact) mass is 511 g/mol. The summed E-state index contributed by atoms with van der Waals surface area (Å²) in [6.07, 6.45) is 8.23. The second kappa shape index (κ2) is 10.1. The molecule has 1 saturated heterocycles. The third-order valence-corrected chi connectivity index (χ3v) is 7.84. The molecule has 2 amide bonds. The maximum absolute atomic E-state index is 13.3. The number of nitrogens with one attached hydrogen (secondary N) is 1. The van der Waals surface area contributed by atoms with E-state index in [4.69, 9.17) is 4.74 Å². The lowest BCUT2D eigenvalue weighted by Gasteiger charge is -2.35. The van der Waals surface area contributed by atoms with Crippen molar-refractivity contribution in [3.8, 4) is 0 Å². The first kappa shape index (κ1) is 24.5. The lowest BCUT2D eigenvalue weighted by Crippen LogP contribution is -2.49. The van der Waals surface area contributed by atoms with E-state index in [1.54, 1.807) is 12.0 Å². The van der Waals surface area contributed by atoms with Gasteiger partial charge in [-0.25, -0.2) is 0 Å². The van der Waals surface area contributed by atoms with E-state index in [0.717, 1.165) is 71.9 Å². The molecule has 1 fully saturated rings. The van der Waals surface area contributed by atoms with Gasteiger partial charge in [-0.3, -0.25) is 14.5 Å². The van der Waals surface area contributed by atoms with E-state index in [1.807, 2.05) is 54.4 Å². The highest BCUT2D eigenvalue weighted by Crippen LogP contribution is 2.41. The van der Waals surface area contributed by atoms with E-state index in [1.165, 1.54) is 0 Å². The quantitative estimate of drug-likeness (QED) is 0.643. The minimum atomic E-state index is -0.0902. The first-order valence-electron chi connectivity index (χ1n) is 13.2. The Morgan fingerprint density at radius 3 is 2.74 bits per heavy atom. The lowest BCUT2D eigenvalue weighted by atomic mass is 10.0. The van der Waals surface area contributed by atoms with E-state index < -0.39 is 0 Å². The van der Waals surface area contributed by atoms with Gasteiger partial charge < -0.3 is 24.8 Å². The third kappa shape index (κ3) is 4.40. The van der Waals surface area contributed by atoms with Crippen LogP contribution < -0.4 is 5.32 Å². The summed E-state index contributed by atoms with van der Waals surface area (Å²) in [4.78, 5) is 34.3. The van der Waals surface area contributed by atoms with Gasteiger partial charge in [-0.1, -0.05) is 24.3 Å². The predicted octanol–water partition coefficient (Wildman–Crippen LogP) is 3.22. The second-order valence-electron chi connectivity index (χ2n) is 10.2. The van der Waals surface area contributed by atoms with E-state index in [0.29, 0.717) is 13.2 Å². The highest BCUT2D eigenvalue weighted by atomic mass is 16.5. The van der Waals surface area contributed by atoms with E-state index in [-0.39, 0.29) is 18.0 Å². The van der Waals surface area contributed by atoms with Crippen LogP contribution in [0.3, 0.4) is 0 Å². The molecular formula is C30H33N5O3. The van der Waals surface area contributed by atoms with Crippen LogP contribution in [0.5, 0.6) is 0 Å². The minimum Gasteiger partial charge on any atom is -0.383 e. The van der Waals surface area contributed by atoms with Gasteiger partial charge in [-0.05, 0) is 47.6 Å². The van der Waals surface area contributed by atoms with Crippen molar-refractivity contribution in [1.29, 1.82) is 0 Å². The van der Waals surface area contributed by atoms with Crippen LogP contribution >= 0.6 is 0 Å². The van der Waals surface area contributed by atoms with Gasteiger partial charge in [0.2, 0.25) is 0 Å². The molecule has 4 aliphatic rings. The summed E-state index contributed by atoms with van der Waals surface area (Å²) in [6, 6.07) is 13.8. The third-order valence-electron chi connectivity index (χ3n) is 7.84. The van der Waals surface area contributed by atoms with Crippen molar-refractivity contribution in [2.24, 2.45) is 0 Å². The lowest BCUT2D eigenvalue weighted by molar-refractivity contribution is 0.0594. The van der Waals surface area contributed by atoms with E-state index >= 15 is 0 Å². The molecule has 6 rings (SSSR count). The number of carbonyl (C=O) groups is 2. The van der Waals surface area contributed by atoms with Gasteiger partial charge in [0.1, 0.15) is 6.17 Å². The van der Waals surface area contributed by atoms with Crippen molar-refractivity contribution in [3.05, 3.63) is 94.7 Å². The van der Waals surface area contributed by atoms with Crippen molar-refractivity contribution < 1.29 is 14.3 Å². The second-order valence-corrected chi connectivity index (χ2v) is 10.2. The van der Waals surface area contributed by atoms with Gasteiger partial charge in [0.15, 0.2) is 0 Å². The zero-order valence-electron chi connectivity index (χ0n) is 21.9. The first-order chi connectivity index (χ1) is 18.5. The number of rotatable bonds is 6. The molecule has 0 saturated carbocycles. The Morgan fingerprint density at radius 2 is 1.92 bits per heavy atom. The first-order valence-corrected chi connectivity index (χ1v) is 13.2. The van der Waals surface area contributed by atoms with Crippen molar-refractivity contribution in [3.63, 3.8) is 0 Å². The number of anilines is 1. The zero-order chi connectivity index (χ0) is 26.2. The van der Waals surface area contributed by atoms with Crippen molar-refractivity contribution in [1.82, 2.24) is 19.6 Å². The number of benzene rings is 2. The highest BCUT2D eigenvalue weighted by molar-refractivity contribution is 6.12. The Bertz CT molecular complexity index is 1360. The van der Waals surface area contributed by atoms with Crippen LogP contribution in [-0.4, -0.2) is 91.1 Å². The summed E-state index contributed by atoms with van der Waals surface area (Å²) in [7, 11) is 3.55. The molecule has 1 N–H and O–H groups in total. The Labute approximate surface area is 223 Å². The number of methoxy groups -OCH3 is 1. The molecule has 1 atom stereocenters. The van der Waals surface area contributed by atoms with E-state index in [9.17, 15) is 9.59 Å². The van der Waals surface area contributed by atoms with Crippen LogP contribution in [0.4, 0.5) is 5.69 Å². The van der Waals surface area contributed by atoms with Crippen LogP contribution in [0.2, 0.25) is 0 Å². The largest absolute Gasteiger partial charge is 0.383 e. The molecule has 0 bridgehead atoms. The molecule has 0 radical (unpaired) electrons. The van der Waals surface area contributed by atoms with Gasteiger partial charge in [0, 0.05) is 76.4 Å². The number of ether oxygens (including phenoxy) is 1. The number of amides is 2. The van der Waals surface area contributed by atoms with Crippen LogP contribution in [0.25, 0.3) is 5.70 Å². The fraction of sp³-hybridized carbons (Fsp3) is 0.333. The molecule has 0 aromatic heterocycles. The standard InChI is InChI=1S/C30H33N5O3/c1-32-26-19-22-8-5-11-35(28(22)31-25-10-4-9-24(27(25)26)30(32)37)20-21-6-3-7-23(18-21)29(36)34-14-12-33(13-15-34)16-17-38-2/h3-11,18-19,28,31H,12-17,20H2,1-2H3. The Morgan fingerprint density at radius 1 is 1.11 bits per heavy atom. The van der Waals surface area contributed by atoms with Crippen LogP contribution in [0.15, 0.2) is 72.5 Å². The van der Waals surface area contributed by atoms with E-state index in [2.05, 4.69) is 39.5 Å². The number of piperazine rings is 1. The Kier molecular flexibility index (Phi) is 6.51. The van der Waals surface area contributed by atoms with Gasteiger partial charge >= 0.3 is 0 Å². The van der Waals surface area contributed by atoms with Crippen molar-refractivity contribution in [2.45, 2.75) is 12.7 Å². The molecule has 0 spiro atoms. The summed E-state index contributed by atoms with van der Waals surface area (Å²) in [5.74, 6) is 0.111. The number of hydrogen-bond donors (Lipinski definition) is 1. The van der Waals surface area contributed by atoms with Gasteiger partial charge in [0.05, 0.1) is 17.9 Å². The Balaban J connectivity index is 1.19. The molecule has 38 heavy (non-hydrogen) atoms. The van der Waals surface area contributed by atoms with Crippen LogP contribution in [-0.2, 0) is 11.3 Å². The molecular weight excluding hydrogens is 478 g/mol. The number of carbonyl (C=O) groups excluding carboxylic acids is 2. The normalized spacial score (nSPS) is 20.4. The fourth-order valence-electron chi connectivity index (χ4n) is 5.72. The Hall–Kier alpha value is -3.88. The summed E-state index contributed by atoms with van der Waals surface area (Å²) in [6.45, 7) is 5.46. The number of allylic oxidation sites excluding steroid dienone is 2. The maximum atomic E-state index is 13.3. The number of fused-ring (bicyclic) bond motifs is 1. The topological polar surface area (TPSA) is 68.4 Å². The fourth-order valence-corrected chi connectivity index (χ4v) is 5.72. The molecule has 0 aliphatic carbocycles. The number of hydrogen-bond acceptors (Lipinski definition) is 6. The summed E-state index contributed by atoms with van der Waals surface area (Å²) >= 11 is 0. The minimum absolute atomic E-state index is 0.0232. The predicted molar refractivity (Wildman–Crippen MR) is 147 cm³/mol. The molecule has 4 heterocycles. The molecule has 8 nitrogen and oxygen atoms in total. The molecule has 8 heteroatoms. The average molecular weight is 512 g/mol. The van der Waals surface area contributed by atoms with Gasteiger partial charge in [-0.15, -0.1) is 0 Å². The maximum Gasteiger partial charge on any atom is 0.258 e. The molecule has 196 valence electrons. The molecule has 2 aromatic carbocycles. The zero-order valence-corrected chi connectivity index (χ0v) is 21.9. The van der Waals surface area contributed by atoms with Crippen LogP contribution in [0, 0.1) is 0 Å². The molecule has 2 aromatic rings. The SMILES string of the molecule is COCCN1CCN(C(=O)c2cccc(CN3C=CC=C4C=C5c6c(cccc6C(=O)N5C)NC43)c2)CC1. The summed E-state index contributed by atoms with van der Waals surface area (Å²) < 4.78 is 5.19. The average Bonchev–Trinajstić information content (AvgIpc) is 3.08. The summed E-state index contributed by atoms with van der Waals surface area (Å²) in [5, 5.41) is 3.68. The van der Waals surface area contributed by atoms with Crippen molar-refractivity contribution in [2.75, 3.05) is 58.8 Å². The van der Waals surface area contributed by atoms with Crippen molar-refractivity contribution >= 4 is 23.2 Å². The van der Waals surface area contributed by atoms with Crippen LogP contribution in [0.1, 0.15) is 31.8 Å². The number of nitrogens with zero attached hydrogens (tertiary/aromatic N) is 4. The smallest absolute Gasteiger partial charge is 0.258 e. The molecule has 1 unspecified atom stereocenters. The van der Waals surface area contributed by atoms with Gasteiger partial charge in [0.25, 0.3) is 11.8 Å².